The molecule has 1 aliphatic rings. The Bertz CT molecular complexity index is 887. The van der Waals surface area contributed by atoms with Crippen LogP contribution in [0.5, 0.6) is 5.75 Å². The Labute approximate surface area is 150 Å². The second-order valence-electron chi connectivity index (χ2n) is 5.61. The molecule has 1 heterocycles. The van der Waals surface area contributed by atoms with Gasteiger partial charge in [0.1, 0.15) is 12.5 Å². The molecule has 2 aromatic carbocycles. The number of rotatable bonds is 3. The molecule has 0 radical (unpaired) electrons. The number of aliphatic hydroxyl groups is 1. The van der Waals surface area contributed by atoms with Gasteiger partial charge in [-0.25, -0.2) is 4.39 Å². The Morgan fingerprint density at radius 1 is 1.19 bits per heavy atom. The third-order valence-corrected chi connectivity index (χ3v) is 4.44. The van der Waals surface area contributed by atoms with Crippen molar-refractivity contribution in [2.75, 3.05) is 18.7 Å². The van der Waals surface area contributed by atoms with Crippen molar-refractivity contribution in [3.63, 3.8) is 0 Å². The van der Waals surface area contributed by atoms with Gasteiger partial charge in [-0.2, -0.15) is 13.2 Å². The van der Waals surface area contributed by atoms with E-state index in [1.807, 2.05) is 0 Å². The minimum Gasteiger partial charge on any atom is -0.496 e. The van der Waals surface area contributed by atoms with Crippen LogP contribution in [0.3, 0.4) is 0 Å². The van der Waals surface area contributed by atoms with E-state index >= 15 is 4.39 Å². The van der Waals surface area contributed by atoms with Gasteiger partial charge in [0, 0.05) is 16.1 Å². The maximum Gasteiger partial charge on any atom is 0.416 e. The smallest absolute Gasteiger partial charge is 0.416 e. The largest absolute Gasteiger partial charge is 0.496 e. The van der Waals surface area contributed by atoms with E-state index in [4.69, 9.17) is 16.3 Å². The molecule has 26 heavy (non-hydrogen) atoms. The molecule has 1 amide bonds. The van der Waals surface area contributed by atoms with Crippen molar-refractivity contribution < 1.29 is 32.2 Å². The number of halogens is 5. The van der Waals surface area contributed by atoms with Crippen LogP contribution in [-0.4, -0.2) is 24.9 Å². The quantitative estimate of drug-likeness (QED) is 0.811. The SMILES string of the molecule is COc1ccc(Cl)cc1C1(F)C(=O)N(CO)c2cc(C(F)(F)F)ccc21. The number of amides is 1. The number of aliphatic hydroxyl groups excluding tert-OH is 1. The zero-order valence-corrected chi connectivity index (χ0v) is 14.0. The van der Waals surface area contributed by atoms with Gasteiger partial charge in [0.15, 0.2) is 0 Å². The monoisotopic (exact) mass is 389 g/mol. The Morgan fingerprint density at radius 2 is 1.88 bits per heavy atom. The van der Waals surface area contributed by atoms with Crippen LogP contribution in [0.4, 0.5) is 23.2 Å². The molecule has 0 spiro atoms. The van der Waals surface area contributed by atoms with Gasteiger partial charge in [0.25, 0.3) is 5.91 Å². The molecule has 1 atom stereocenters. The summed E-state index contributed by atoms with van der Waals surface area (Å²) in [5, 5.41) is 9.55. The van der Waals surface area contributed by atoms with Crippen molar-refractivity contribution in [3.8, 4) is 5.75 Å². The summed E-state index contributed by atoms with van der Waals surface area (Å²) < 4.78 is 60.0. The number of methoxy groups -OCH3 is 1. The number of hydrogen-bond acceptors (Lipinski definition) is 3. The molecule has 0 aromatic heterocycles. The van der Waals surface area contributed by atoms with Crippen LogP contribution in [0, 0.1) is 0 Å². The molecule has 1 unspecified atom stereocenters. The lowest BCUT2D eigenvalue weighted by molar-refractivity contribution is -0.137. The summed E-state index contributed by atoms with van der Waals surface area (Å²) in [5.41, 5.74) is -4.86. The first-order valence-electron chi connectivity index (χ1n) is 7.32. The Hall–Kier alpha value is -2.32. The van der Waals surface area contributed by atoms with Crippen LogP contribution < -0.4 is 9.64 Å². The Kier molecular flexibility index (Phi) is 4.36. The standard InChI is InChI=1S/C17H12ClF4NO3/c1-26-14-5-3-10(18)7-12(14)16(19)11-4-2-9(17(20,21)22)6-13(11)23(8-24)15(16)25/h2-7,24H,8H2,1H3. The zero-order valence-electron chi connectivity index (χ0n) is 13.3. The molecule has 9 heteroatoms. The van der Waals surface area contributed by atoms with Gasteiger partial charge in [-0.15, -0.1) is 0 Å². The molecular weight excluding hydrogens is 378 g/mol. The summed E-state index contributed by atoms with van der Waals surface area (Å²) >= 11 is 5.90. The highest BCUT2D eigenvalue weighted by Gasteiger charge is 2.55. The molecule has 138 valence electrons. The van der Waals surface area contributed by atoms with Crippen molar-refractivity contribution in [2.45, 2.75) is 11.8 Å². The van der Waals surface area contributed by atoms with E-state index in [1.165, 1.54) is 25.3 Å². The summed E-state index contributed by atoms with van der Waals surface area (Å²) in [6, 6.07) is 6.12. The number of alkyl halides is 4. The van der Waals surface area contributed by atoms with Gasteiger partial charge < -0.3 is 9.84 Å². The maximum atomic E-state index is 16.0. The first kappa shape index (κ1) is 18.5. The van der Waals surface area contributed by atoms with E-state index in [9.17, 15) is 23.1 Å². The molecule has 0 bridgehead atoms. The molecule has 3 rings (SSSR count). The lowest BCUT2D eigenvalue weighted by atomic mass is 9.88. The normalized spacial score (nSPS) is 19.7. The number of benzene rings is 2. The molecule has 4 nitrogen and oxygen atoms in total. The molecule has 0 saturated carbocycles. The van der Waals surface area contributed by atoms with Crippen molar-refractivity contribution in [1.82, 2.24) is 0 Å². The van der Waals surface area contributed by atoms with Crippen molar-refractivity contribution >= 4 is 23.2 Å². The number of fused-ring (bicyclic) bond motifs is 1. The molecule has 0 saturated heterocycles. The van der Waals surface area contributed by atoms with Crippen LogP contribution in [0.2, 0.25) is 5.02 Å². The first-order chi connectivity index (χ1) is 12.1. The summed E-state index contributed by atoms with van der Waals surface area (Å²) in [5.74, 6) is -1.23. The highest BCUT2D eigenvalue weighted by atomic mass is 35.5. The predicted octanol–water partition coefficient (Wildman–Crippen LogP) is 3.88. The van der Waals surface area contributed by atoms with Gasteiger partial charge in [-0.3, -0.25) is 9.69 Å². The number of ether oxygens (including phenoxy) is 1. The minimum atomic E-state index is -4.69. The van der Waals surface area contributed by atoms with Gasteiger partial charge in [-0.05, 0) is 30.3 Å². The second-order valence-corrected chi connectivity index (χ2v) is 6.04. The zero-order chi connectivity index (χ0) is 19.3. The van der Waals surface area contributed by atoms with Crippen molar-refractivity contribution in [3.05, 3.63) is 58.1 Å². The van der Waals surface area contributed by atoms with E-state index in [1.54, 1.807) is 0 Å². The fourth-order valence-corrected chi connectivity index (χ4v) is 3.16. The molecule has 0 fully saturated rings. The minimum absolute atomic E-state index is 0.00381. The lowest BCUT2D eigenvalue weighted by Crippen LogP contribution is -2.38. The summed E-state index contributed by atoms with van der Waals surface area (Å²) in [4.78, 5) is 13.2. The third kappa shape index (κ3) is 2.60. The number of carbonyl (C=O) groups is 1. The number of anilines is 1. The first-order valence-corrected chi connectivity index (χ1v) is 7.70. The van der Waals surface area contributed by atoms with Crippen LogP contribution in [0.25, 0.3) is 0 Å². The highest BCUT2D eigenvalue weighted by molar-refractivity contribution is 6.30. The van der Waals surface area contributed by atoms with Crippen LogP contribution >= 0.6 is 11.6 Å². The van der Waals surface area contributed by atoms with Gasteiger partial charge in [0.2, 0.25) is 5.67 Å². The molecule has 0 aliphatic carbocycles. The Balaban J connectivity index is 2.29. The number of hydrogen-bond donors (Lipinski definition) is 1. The molecule has 2 aromatic rings. The van der Waals surface area contributed by atoms with Gasteiger partial charge in [0.05, 0.1) is 18.4 Å². The summed E-state index contributed by atoms with van der Waals surface area (Å²) in [6.07, 6.45) is -4.69. The van der Waals surface area contributed by atoms with Crippen molar-refractivity contribution in [2.24, 2.45) is 0 Å². The average molecular weight is 390 g/mol. The van der Waals surface area contributed by atoms with Crippen molar-refractivity contribution in [1.29, 1.82) is 0 Å². The molecule has 1 N–H and O–H groups in total. The summed E-state index contributed by atoms with van der Waals surface area (Å²) in [7, 11) is 1.26. The number of carbonyl (C=O) groups excluding carboxylic acids is 1. The highest BCUT2D eigenvalue weighted by Crippen LogP contribution is 2.51. The third-order valence-electron chi connectivity index (χ3n) is 4.20. The fraction of sp³-hybridized carbons (Fsp3) is 0.235. The second kappa shape index (κ2) is 6.14. The lowest BCUT2D eigenvalue weighted by Gasteiger charge is -2.22. The van der Waals surface area contributed by atoms with E-state index in [2.05, 4.69) is 0 Å². The topological polar surface area (TPSA) is 49.8 Å². The number of nitrogens with zero attached hydrogens (tertiary/aromatic N) is 1. The van der Waals surface area contributed by atoms with E-state index < -0.39 is 30.0 Å². The van der Waals surface area contributed by atoms with E-state index in [-0.39, 0.29) is 27.6 Å². The molecular formula is C17H12ClF4NO3. The average Bonchev–Trinajstić information content (AvgIpc) is 2.82. The molecule has 1 aliphatic heterocycles. The predicted molar refractivity (Wildman–Crippen MR) is 85.9 cm³/mol. The van der Waals surface area contributed by atoms with Gasteiger partial charge in [-0.1, -0.05) is 17.7 Å². The van der Waals surface area contributed by atoms with E-state index in [0.29, 0.717) is 17.0 Å². The van der Waals surface area contributed by atoms with Crippen LogP contribution in [0.1, 0.15) is 16.7 Å². The maximum absolute atomic E-state index is 16.0. The summed E-state index contributed by atoms with van der Waals surface area (Å²) in [6.45, 7) is -0.984. The van der Waals surface area contributed by atoms with Crippen LogP contribution in [-0.2, 0) is 16.6 Å². The van der Waals surface area contributed by atoms with Gasteiger partial charge >= 0.3 is 6.18 Å². The fourth-order valence-electron chi connectivity index (χ4n) is 2.98. The Morgan fingerprint density at radius 3 is 2.46 bits per heavy atom. The van der Waals surface area contributed by atoms with Crippen LogP contribution in [0.15, 0.2) is 36.4 Å². The van der Waals surface area contributed by atoms with E-state index in [0.717, 1.165) is 6.07 Å².